The average Bonchev–Trinajstić information content (AvgIpc) is 2.05. The van der Waals surface area contributed by atoms with Gasteiger partial charge in [0.1, 0.15) is 0 Å². The van der Waals surface area contributed by atoms with Crippen molar-refractivity contribution >= 4 is 5.97 Å². The van der Waals surface area contributed by atoms with Gasteiger partial charge in [-0.25, -0.2) is 4.79 Å². The Morgan fingerprint density at radius 3 is 2.17 bits per heavy atom. The van der Waals surface area contributed by atoms with E-state index >= 15 is 0 Å². The SMILES string of the molecule is O=C(O)[C@H](O)c1ccccc1.[Cd]. The van der Waals surface area contributed by atoms with E-state index in [-0.39, 0.29) is 27.3 Å². The van der Waals surface area contributed by atoms with Crippen LogP contribution in [0.25, 0.3) is 0 Å². The molecule has 4 heteroatoms. The summed E-state index contributed by atoms with van der Waals surface area (Å²) < 4.78 is 0. The van der Waals surface area contributed by atoms with Crippen LogP contribution in [-0.2, 0) is 32.1 Å². The van der Waals surface area contributed by atoms with Crippen LogP contribution in [0.5, 0.6) is 0 Å². The molecule has 1 aromatic carbocycles. The molecule has 3 nitrogen and oxygen atoms in total. The number of benzene rings is 1. The normalized spacial score (nSPS) is 11.4. The fourth-order valence-corrected chi connectivity index (χ4v) is 0.778. The topological polar surface area (TPSA) is 57.5 Å². The fraction of sp³-hybridized carbons (Fsp3) is 0.125. The zero-order valence-electron chi connectivity index (χ0n) is 6.47. The van der Waals surface area contributed by atoms with Crippen molar-refractivity contribution in [3.8, 4) is 0 Å². The molecule has 60 valence electrons. The minimum Gasteiger partial charge on any atom is -0.479 e. The minimum atomic E-state index is -1.41. The van der Waals surface area contributed by atoms with Gasteiger partial charge in [0.15, 0.2) is 6.10 Å². The number of carboxylic acid groups (broad SMARTS) is 1. The van der Waals surface area contributed by atoms with E-state index < -0.39 is 12.1 Å². The summed E-state index contributed by atoms with van der Waals surface area (Å²) in [5.74, 6) is -1.23. The van der Waals surface area contributed by atoms with Gasteiger partial charge in [0.25, 0.3) is 0 Å². The van der Waals surface area contributed by atoms with Gasteiger partial charge in [-0.1, -0.05) is 30.3 Å². The van der Waals surface area contributed by atoms with Crippen LogP contribution in [0.1, 0.15) is 11.7 Å². The molecule has 0 fully saturated rings. The smallest absolute Gasteiger partial charge is 0.337 e. The van der Waals surface area contributed by atoms with Crippen LogP contribution in [0.4, 0.5) is 0 Å². The van der Waals surface area contributed by atoms with E-state index in [1.807, 2.05) is 0 Å². The molecule has 0 amide bonds. The second-order valence-corrected chi connectivity index (χ2v) is 2.15. The Morgan fingerprint density at radius 2 is 1.75 bits per heavy atom. The summed E-state index contributed by atoms with van der Waals surface area (Å²) in [5, 5.41) is 17.4. The van der Waals surface area contributed by atoms with Crippen LogP contribution in [0.3, 0.4) is 0 Å². The maximum absolute atomic E-state index is 10.2. The first kappa shape index (κ1) is 11.6. The van der Waals surface area contributed by atoms with E-state index in [9.17, 15) is 4.79 Å². The molecule has 0 aliphatic rings. The molecule has 0 aliphatic carbocycles. The van der Waals surface area contributed by atoms with Gasteiger partial charge in [-0.3, -0.25) is 0 Å². The van der Waals surface area contributed by atoms with Gasteiger partial charge in [-0.2, -0.15) is 0 Å². The Balaban J connectivity index is 0.00000121. The van der Waals surface area contributed by atoms with Crippen molar-refractivity contribution in [3.05, 3.63) is 35.9 Å². The van der Waals surface area contributed by atoms with Crippen LogP contribution in [0, 0.1) is 0 Å². The molecule has 0 spiro atoms. The van der Waals surface area contributed by atoms with Crippen LogP contribution in [0.15, 0.2) is 30.3 Å². The summed E-state index contributed by atoms with van der Waals surface area (Å²) in [6, 6.07) is 8.26. The first-order valence-electron chi connectivity index (χ1n) is 3.17. The Bertz CT molecular complexity index is 248. The van der Waals surface area contributed by atoms with Crippen LogP contribution >= 0.6 is 0 Å². The third kappa shape index (κ3) is 2.90. The van der Waals surface area contributed by atoms with Gasteiger partial charge >= 0.3 is 5.97 Å². The van der Waals surface area contributed by atoms with Gasteiger partial charge in [0, 0.05) is 27.3 Å². The van der Waals surface area contributed by atoms with Crippen LogP contribution in [0.2, 0.25) is 0 Å². The second kappa shape index (κ2) is 5.26. The third-order valence-corrected chi connectivity index (χ3v) is 1.35. The molecule has 0 saturated heterocycles. The van der Waals surface area contributed by atoms with Crippen molar-refractivity contribution in [2.24, 2.45) is 0 Å². The molecule has 1 aromatic rings. The van der Waals surface area contributed by atoms with E-state index in [0.29, 0.717) is 5.56 Å². The molecule has 0 bridgehead atoms. The maximum atomic E-state index is 10.2. The molecule has 2 N–H and O–H groups in total. The van der Waals surface area contributed by atoms with Crippen molar-refractivity contribution in [2.45, 2.75) is 6.10 Å². The molecule has 0 aliphatic heterocycles. The van der Waals surface area contributed by atoms with Crippen molar-refractivity contribution in [2.75, 3.05) is 0 Å². The molecule has 0 unspecified atom stereocenters. The monoisotopic (exact) mass is 266 g/mol. The summed E-state index contributed by atoms with van der Waals surface area (Å²) >= 11 is 0. The summed E-state index contributed by atoms with van der Waals surface area (Å²) in [5.41, 5.74) is 0.403. The summed E-state index contributed by atoms with van der Waals surface area (Å²) in [4.78, 5) is 10.2. The van der Waals surface area contributed by atoms with Gasteiger partial charge in [-0.15, -0.1) is 0 Å². The van der Waals surface area contributed by atoms with Crippen molar-refractivity contribution < 1.29 is 42.3 Å². The van der Waals surface area contributed by atoms with E-state index in [2.05, 4.69) is 0 Å². The summed E-state index contributed by atoms with van der Waals surface area (Å²) in [6.07, 6.45) is -1.41. The number of carboxylic acids is 1. The van der Waals surface area contributed by atoms with E-state index in [1.54, 1.807) is 30.3 Å². The zero-order chi connectivity index (χ0) is 8.27. The van der Waals surface area contributed by atoms with Crippen molar-refractivity contribution in [1.82, 2.24) is 0 Å². The van der Waals surface area contributed by atoms with Crippen molar-refractivity contribution in [1.29, 1.82) is 0 Å². The quantitative estimate of drug-likeness (QED) is 0.777. The van der Waals surface area contributed by atoms with Gasteiger partial charge < -0.3 is 10.2 Å². The first-order chi connectivity index (χ1) is 5.22. The number of hydrogen-bond donors (Lipinski definition) is 2. The van der Waals surface area contributed by atoms with E-state index in [4.69, 9.17) is 10.2 Å². The number of carbonyl (C=O) groups is 1. The van der Waals surface area contributed by atoms with Gasteiger partial charge in [0.05, 0.1) is 0 Å². The third-order valence-electron chi connectivity index (χ3n) is 1.35. The molecule has 0 aromatic heterocycles. The Hall–Kier alpha value is -0.428. The standard InChI is InChI=1S/C8H8O3.Cd/c9-7(8(10)11)6-4-2-1-3-5-6;/h1-5,7,9H,(H,10,11);/t7-;/m1./s1. The van der Waals surface area contributed by atoms with E-state index in [1.165, 1.54) is 0 Å². The average molecular weight is 265 g/mol. The predicted molar refractivity (Wildman–Crippen MR) is 39.0 cm³/mol. The maximum Gasteiger partial charge on any atom is 0.337 e. The number of aliphatic hydroxyl groups is 1. The molecule has 12 heavy (non-hydrogen) atoms. The number of aliphatic hydroxyl groups excluding tert-OH is 1. The predicted octanol–water partition coefficient (Wildman–Crippen LogP) is 0.802. The molecule has 0 radical (unpaired) electrons. The fourth-order valence-electron chi connectivity index (χ4n) is 0.778. The molecule has 1 rings (SSSR count). The molecular formula is C8H8CdO3. The minimum absolute atomic E-state index is 0. The van der Waals surface area contributed by atoms with Crippen LogP contribution in [-0.4, -0.2) is 16.2 Å². The number of aliphatic carboxylic acids is 1. The summed E-state index contributed by atoms with van der Waals surface area (Å²) in [6.45, 7) is 0. The van der Waals surface area contributed by atoms with Crippen molar-refractivity contribution in [3.63, 3.8) is 0 Å². The molecule has 0 heterocycles. The Labute approximate surface area is 90.2 Å². The van der Waals surface area contributed by atoms with E-state index in [0.717, 1.165) is 0 Å². The zero-order valence-corrected chi connectivity index (χ0v) is 10.5. The molecule has 0 saturated carbocycles. The molecular weight excluding hydrogens is 256 g/mol. The summed E-state index contributed by atoms with van der Waals surface area (Å²) in [7, 11) is 0. The van der Waals surface area contributed by atoms with Crippen LogP contribution < -0.4 is 0 Å². The van der Waals surface area contributed by atoms with Gasteiger partial charge in [-0.05, 0) is 5.56 Å². The van der Waals surface area contributed by atoms with Gasteiger partial charge in [0.2, 0.25) is 0 Å². The molecule has 1 atom stereocenters. The number of rotatable bonds is 2. The second-order valence-electron chi connectivity index (χ2n) is 2.15. The first-order valence-corrected chi connectivity index (χ1v) is 3.17. The Morgan fingerprint density at radius 1 is 1.25 bits per heavy atom. The largest absolute Gasteiger partial charge is 0.479 e. The Kier molecular flexibility index (Phi) is 5.07. The number of hydrogen-bond acceptors (Lipinski definition) is 2.